The fourth-order valence-corrected chi connectivity index (χ4v) is 1.55. The van der Waals surface area contributed by atoms with Gasteiger partial charge in [0.05, 0.1) is 5.69 Å². The third-order valence-corrected chi connectivity index (χ3v) is 2.31. The second-order valence-corrected chi connectivity index (χ2v) is 3.71. The number of carboxylic acid groups (broad SMARTS) is 1. The summed E-state index contributed by atoms with van der Waals surface area (Å²) in [4.78, 5) is 14.3. The van der Waals surface area contributed by atoms with Gasteiger partial charge in [0.1, 0.15) is 12.2 Å². The minimum Gasteiger partial charge on any atom is -0.480 e. The average molecular weight is 271 g/mol. The summed E-state index contributed by atoms with van der Waals surface area (Å²) >= 11 is 0. The molecule has 1 N–H and O–H groups in total. The Hall–Kier alpha value is -2.38. The molecule has 2 rings (SSSR count). The quantitative estimate of drug-likeness (QED) is 0.927. The summed E-state index contributed by atoms with van der Waals surface area (Å²) in [5, 5.41) is 12.3. The van der Waals surface area contributed by atoms with Gasteiger partial charge in [-0.2, -0.15) is 18.3 Å². The molecule has 0 aliphatic carbocycles. The molecular formula is C11H8F3N3O2. The van der Waals surface area contributed by atoms with E-state index in [9.17, 15) is 18.0 Å². The molecule has 0 bridgehead atoms. The monoisotopic (exact) mass is 271 g/mol. The number of aromatic nitrogens is 3. The van der Waals surface area contributed by atoms with Gasteiger partial charge in [0.25, 0.3) is 0 Å². The summed E-state index contributed by atoms with van der Waals surface area (Å²) < 4.78 is 38.7. The number of alkyl halides is 3. The first-order valence-corrected chi connectivity index (χ1v) is 5.15. The average Bonchev–Trinajstić information content (AvgIpc) is 2.73. The third kappa shape index (κ3) is 2.90. The predicted octanol–water partition coefficient (Wildman–Crippen LogP) is 2.05. The molecule has 0 atom stereocenters. The summed E-state index contributed by atoms with van der Waals surface area (Å²) in [7, 11) is 0. The van der Waals surface area contributed by atoms with Gasteiger partial charge < -0.3 is 5.11 Å². The summed E-state index contributed by atoms with van der Waals surface area (Å²) in [6.07, 6.45) is -1.83. The second kappa shape index (κ2) is 4.71. The number of hydrogen-bond acceptors (Lipinski definition) is 3. The maximum atomic E-state index is 12.8. The molecule has 0 saturated heterocycles. The Labute approximate surface area is 105 Å². The second-order valence-electron chi connectivity index (χ2n) is 3.71. The van der Waals surface area contributed by atoms with Crippen LogP contribution in [-0.4, -0.2) is 25.8 Å². The van der Waals surface area contributed by atoms with Crippen molar-refractivity contribution in [3.63, 3.8) is 0 Å². The zero-order valence-electron chi connectivity index (χ0n) is 9.42. The van der Waals surface area contributed by atoms with Crippen LogP contribution in [0, 0.1) is 0 Å². The Morgan fingerprint density at radius 1 is 1.42 bits per heavy atom. The first-order valence-electron chi connectivity index (χ1n) is 5.15. The highest BCUT2D eigenvalue weighted by Gasteiger charge is 2.36. The number of pyridine rings is 1. The first kappa shape index (κ1) is 13.1. The molecule has 0 spiro atoms. The van der Waals surface area contributed by atoms with E-state index < -0.39 is 24.4 Å². The normalized spacial score (nSPS) is 11.5. The Kier molecular flexibility index (Phi) is 3.24. The zero-order valence-corrected chi connectivity index (χ0v) is 9.42. The Morgan fingerprint density at radius 2 is 2.16 bits per heavy atom. The van der Waals surface area contributed by atoms with Gasteiger partial charge in [-0.25, -0.2) is 4.68 Å². The molecule has 8 heteroatoms. The van der Waals surface area contributed by atoms with Crippen LogP contribution in [0.15, 0.2) is 30.6 Å². The number of carbonyl (C=O) groups is 1. The van der Waals surface area contributed by atoms with Gasteiger partial charge >= 0.3 is 12.1 Å². The Bertz CT molecular complexity index is 593. The number of rotatable bonds is 3. The van der Waals surface area contributed by atoms with Crippen molar-refractivity contribution in [3.8, 4) is 11.3 Å². The van der Waals surface area contributed by atoms with E-state index in [4.69, 9.17) is 5.11 Å². The van der Waals surface area contributed by atoms with Crippen LogP contribution in [0.4, 0.5) is 13.2 Å². The maximum absolute atomic E-state index is 12.8. The number of halogens is 3. The van der Waals surface area contributed by atoms with Crippen molar-refractivity contribution in [3.05, 3.63) is 36.3 Å². The van der Waals surface area contributed by atoms with Crippen molar-refractivity contribution in [2.24, 2.45) is 0 Å². The zero-order chi connectivity index (χ0) is 14.0. The predicted molar refractivity (Wildman–Crippen MR) is 58.1 cm³/mol. The minimum absolute atomic E-state index is 0.0293. The van der Waals surface area contributed by atoms with Crippen molar-refractivity contribution in [1.29, 1.82) is 0 Å². The molecule has 5 nitrogen and oxygen atoms in total. The van der Waals surface area contributed by atoms with E-state index in [0.717, 1.165) is 6.07 Å². The van der Waals surface area contributed by atoms with E-state index in [2.05, 4.69) is 10.1 Å². The highest BCUT2D eigenvalue weighted by molar-refractivity contribution is 5.67. The summed E-state index contributed by atoms with van der Waals surface area (Å²) in [5.41, 5.74) is -0.687. The van der Waals surface area contributed by atoms with Crippen LogP contribution >= 0.6 is 0 Å². The van der Waals surface area contributed by atoms with Gasteiger partial charge in [-0.3, -0.25) is 9.78 Å². The summed E-state index contributed by atoms with van der Waals surface area (Å²) in [5.74, 6) is -1.40. The lowest BCUT2D eigenvalue weighted by Crippen LogP contribution is -2.18. The highest BCUT2D eigenvalue weighted by atomic mass is 19.4. The highest BCUT2D eigenvalue weighted by Crippen LogP contribution is 2.32. The molecule has 19 heavy (non-hydrogen) atoms. The van der Waals surface area contributed by atoms with E-state index in [1.54, 1.807) is 12.1 Å². The van der Waals surface area contributed by atoms with Crippen LogP contribution in [0.5, 0.6) is 0 Å². The number of hydrogen-bond donors (Lipinski definition) is 1. The molecule has 0 fully saturated rings. The molecule has 2 aromatic heterocycles. The van der Waals surface area contributed by atoms with Crippen LogP contribution in [0.2, 0.25) is 0 Å². The largest absolute Gasteiger partial charge is 0.480 e. The lowest BCUT2D eigenvalue weighted by molar-refractivity contribution is -0.147. The SMILES string of the molecule is O=C(O)Cn1nc(-c2cccnc2)cc1C(F)(F)F. The lowest BCUT2D eigenvalue weighted by Gasteiger charge is -2.07. The minimum atomic E-state index is -4.66. The molecule has 0 amide bonds. The number of nitrogens with zero attached hydrogens (tertiary/aromatic N) is 3. The van der Waals surface area contributed by atoms with Gasteiger partial charge in [0.2, 0.25) is 0 Å². The van der Waals surface area contributed by atoms with Crippen molar-refractivity contribution in [1.82, 2.24) is 14.8 Å². The van der Waals surface area contributed by atoms with Gasteiger partial charge in [-0.15, -0.1) is 0 Å². The Morgan fingerprint density at radius 3 is 2.68 bits per heavy atom. The molecule has 100 valence electrons. The maximum Gasteiger partial charge on any atom is 0.433 e. The summed E-state index contributed by atoms with van der Waals surface area (Å²) in [6.45, 7) is -0.852. The van der Waals surface area contributed by atoms with Crippen molar-refractivity contribution >= 4 is 5.97 Å². The first-order chi connectivity index (χ1) is 8.88. The molecule has 0 aliphatic rings. The van der Waals surface area contributed by atoms with Crippen LogP contribution in [0.3, 0.4) is 0 Å². The molecule has 0 radical (unpaired) electrons. The van der Waals surface area contributed by atoms with E-state index >= 15 is 0 Å². The van der Waals surface area contributed by atoms with E-state index in [-0.39, 0.29) is 5.69 Å². The van der Waals surface area contributed by atoms with Crippen molar-refractivity contribution in [2.45, 2.75) is 12.7 Å². The van der Waals surface area contributed by atoms with Gasteiger partial charge in [0.15, 0.2) is 0 Å². The number of aliphatic carboxylic acids is 1. The van der Waals surface area contributed by atoms with Crippen LogP contribution < -0.4 is 0 Å². The van der Waals surface area contributed by atoms with Crippen LogP contribution in [0.1, 0.15) is 5.69 Å². The van der Waals surface area contributed by atoms with Crippen LogP contribution in [-0.2, 0) is 17.5 Å². The molecule has 0 unspecified atom stereocenters. The molecule has 2 heterocycles. The Balaban J connectivity index is 2.49. The van der Waals surface area contributed by atoms with E-state index in [1.165, 1.54) is 12.4 Å². The van der Waals surface area contributed by atoms with E-state index in [0.29, 0.717) is 10.2 Å². The molecule has 0 aliphatic heterocycles. The van der Waals surface area contributed by atoms with E-state index in [1.807, 2.05) is 0 Å². The third-order valence-electron chi connectivity index (χ3n) is 2.31. The fourth-order valence-electron chi connectivity index (χ4n) is 1.55. The topological polar surface area (TPSA) is 68.0 Å². The standard InChI is InChI=1S/C11H8F3N3O2/c12-11(13,14)9-4-8(7-2-1-3-15-5-7)16-17(9)6-10(18)19/h1-5H,6H2,(H,18,19). The molecule has 2 aromatic rings. The van der Waals surface area contributed by atoms with Crippen molar-refractivity contribution < 1.29 is 23.1 Å². The molecular weight excluding hydrogens is 263 g/mol. The van der Waals surface area contributed by atoms with Crippen molar-refractivity contribution in [2.75, 3.05) is 0 Å². The smallest absolute Gasteiger partial charge is 0.433 e. The van der Waals surface area contributed by atoms with Gasteiger partial charge in [-0.05, 0) is 18.2 Å². The van der Waals surface area contributed by atoms with Gasteiger partial charge in [-0.1, -0.05) is 0 Å². The lowest BCUT2D eigenvalue weighted by atomic mass is 10.2. The van der Waals surface area contributed by atoms with Gasteiger partial charge in [0, 0.05) is 18.0 Å². The summed E-state index contributed by atoms with van der Waals surface area (Å²) in [6, 6.07) is 3.90. The van der Waals surface area contributed by atoms with Crippen LogP contribution in [0.25, 0.3) is 11.3 Å². The molecule has 0 saturated carbocycles. The fraction of sp³-hybridized carbons (Fsp3) is 0.182. The number of carboxylic acids is 1. The molecule has 0 aromatic carbocycles.